The second kappa shape index (κ2) is 4.41. The average molecular weight is 234 g/mol. The van der Waals surface area contributed by atoms with E-state index in [1.165, 1.54) is 14.2 Å². The summed E-state index contributed by atoms with van der Waals surface area (Å²) in [5.41, 5.74) is 0.141. The van der Waals surface area contributed by atoms with E-state index < -0.39 is 12.1 Å². The Balaban J connectivity index is 2.52. The molecule has 0 amide bonds. The molecule has 1 aliphatic rings. The van der Waals surface area contributed by atoms with Crippen LogP contribution in [0.15, 0.2) is 23.8 Å². The molecule has 0 aromatic heterocycles. The summed E-state index contributed by atoms with van der Waals surface area (Å²) in [5, 5.41) is 0. The van der Waals surface area contributed by atoms with Gasteiger partial charge in [0.2, 0.25) is 12.1 Å². The lowest BCUT2D eigenvalue weighted by atomic mass is 10.0. The molecule has 1 atom stereocenters. The zero-order chi connectivity index (χ0) is 12.4. The molecule has 0 aliphatic carbocycles. The Kier molecular flexibility index (Phi) is 2.95. The Morgan fingerprint density at radius 2 is 2.12 bits per heavy atom. The second-order valence-electron chi connectivity index (χ2n) is 3.39. The molecular weight excluding hydrogens is 224 g/mol. The van der Waals surface area contributed by atoms with Gasteiger partial charge in [-0.25, -0.2) is 4.79 Å². The molecule has 5 nitrogen and oxygen atoms in total. The van der Waals surface area contributed by atoms with Crippen LogP contribution in [0.1, 0.15) is 10.4 Å². The maximum atomic E-state index is 11.9. The molecular formula is C12H10O5. The lowest BCUT2D eigenvalue weighted by molar-refractivity contribution is -0.0273. The Morgan fingerprint density at radius 3 is 2.71 bits per heavy atom. The molecule has 2 rings (SSSR count). The van der Waals surface area contributed by atoms with Crippen molar-refractivity contribution < 1.29 is 23.8 Å². The summed E-state index contributed by atoms with van der Waals surface area (Å²) in [7, 11) is 2.86. The first-order valence-electron chi connectivity index (χ1n) is 4.88. The van der Waals surface area contributed by atoms with Crippen molar-refractivity contribution >= 4 is 11.7 Å². The van der Waals surface area contributed by atoms with Crippen molar-refractivity contribution in [3.05, 3.63) is 29.3 Å². The fourth-order valence-corrected chi connectivity index (χ4v) is 1.60. The van der Waals surface area contributed by atoms with Crippen molar-refractivity contribution in [2.75, 3.05) is 14.2 Å². The fourth-order valence-electron chi connectivity index (χ4n) is 1.60. The smallest absolute Gasteiger partial charge is 0.240 e. The summed E-state index contributed by atoms with van der Waals surface area (Å²) in [6, 6.07) is 4.73. The summed E-state index contributed by atoms with van der Waals surface area (Å²) in [6.07, 6.45) is -1.01. The third-order valence-electron chi connectivity index (χ3n) is 2.47. The SMILES string of the molecule is COc1ccc2c(c1)OC(OC)C(=C=O)C2=O. The van der Waals surface area contributed by atoms with Crippen molar-refractivity contribution in [3.63, 3.8) is 0 Å². The second-order valence-corrected chi connectivity index (χ2v) is 3.39. The first-order valence-corrected chi connectivity index (χ1v) is 4.88. The van der Waals surface area contributed by atoms with Crippen molar-refractivity contribution in [2.45, 2.75) is 6.29 Å². The van der Waals surface area contributed by atoms with Crippen LogP contribution >= 0.6 is 0 Å². The molecule has 17 heavy (non-hydrogen) atoms. The summed E-state index contributed by atoms with van der Waals surface area (Å²) in [4.78, 5) is 22.6. The maximum Gasteiger partial charge on any atom is 0.240 e. The third-order valence-corrected chi connectivity index (χ3v) is 2.47. The number of rotatable bonds is 2. The van der Waals surface area contributed by atoms with Gasteiger partial charge >= 0.3 is 0 Å². The molecule has 0 bridgehead atoms. The van der Waals surface area contributed by atoms with E-state index in [1.54, 1.807) is 24.1 Å². The lowest BCUT2D eigenvalue weighted by Crippen LogP contribution is -2.32. The minimum Gasteiger partial charge on any atom is -0.497 e. The van der Waals surface area contributed by atoms with E-state index in [2.05, 4.69) is 0 Å². The molecule has 0 spiro atoms. The third kappa shape index (κ3) is 1.82. The zero-order valence-corrected chi connectivity index (χ0v) is 9.35. The number of carbonyl (C=O) groups excluding carboxylic acids is 2. The largest absolute Gasteiger partial charge is 0.497 e. The highest BCUT2D eigenvalue weighted by Crippen LogP contribution is 2.32. The van der Waals surface area contributed by atoms with Crippen LogP contribution in [0.4, 0.5) is 0 Å². The van der Waals surface area contributed by atoms with Crippen LogP contribution in [0, 0.1) is 0 Å². The highest BCUT2D eigenvalue weighted by Gasteiger charge is 2.33. The van der Waals surface area contributed by atoms with Crippen molar-refractivity contribution in [1.29, 1.82) is 0 Å². The summed E-state index contributed by atoms with van der Waals surface area (Å²) in [6.45, 7) is 0. The molecule has 0 radical (unpaired) electrons. The molecule has 0 saturated heterocycles. The van der Waals surface area contributed by atoms with E-state index >= 15 is 0 Å². The molecule has 1 unspecified atom stereocenters. The Hall–Kier alpha value is -2.10. The summed E-state index contributed by atoms with van der Waals surface area (Å²) >= 11 is 0. The highest BCUT2D eigenvalue weighted by atomic mass is 16.7. The van der Waals surface area contributed by atoms with Crippen LogP contribution in [0.25, 0.3) is 0 Å². The number of methoxy groups -OCH3 is 2. The Bertz CT molecular complexity index is 514. The molecule has 0 fully saturated rings. The minimum absolute atomic E-state index is 0.162. The number of ketones is 1. The number of benzene rings is 1. The van der Waals surface area contributed by atoms with Crippen molar-refractivity contribution in [3.8, 4) is 11.5 Å². The van der Waals surface area contributed by atoms with E-state index in [9.17, 15) is 9.59 Å². The minimum atomic E-state index is -1.01. The van der Waals surface area contributed by atoms with E-state index in [0.717, 1.165) is 0 Å². The number of hydrogen-bond acceptors (Lipinski definition) is 5. The van der Waals surface area contributed by atoms with Crippen molar-refractivity contribution in [1.82, 2.24) is 0 Å². The Morgan fingerprint density at radius 1 is 1.35 bits per heavy atom. The number of Topliss-reactive ketones (excluding diaryl/α,β-unsaturated/α-hetero) is 1. The number of ether oxygens (including phenoxy) is 3. The molecule has 1 aromatic carbocycles. The number of hydrogen-bond donors (Lipinski definition) is 0. The van der Waals surface area contributed by atoms with E-state index in [-0.39, 0.29) is 5.57 Å². The van der Waals surface area contributed by atoms with E-state index in [1.807, 2.05) is 0 Å². The topological polar surface area (TPSA) is 61.8 Å². The number of fused-ring (bicyclic) bond motifs is 1. The molecule has 1 heterocycles. The van der Waals surface area contributed by atoms with Gasteiger partial charge in [0.25, 0.3) is 0 Å². The van der Waals surface area contributed by atoms with Crippen LogP contribution in [-0.2, 0) is 9.53 Å². The van der Waals surface area contributed by atoms with Gasteiger partial charge in [0.05, 0.1) is 12.7 Å². The average Bonchev–Trinajstić information content (AvgIpc) is 2.37. The van der Waals surface area contributed by atoms with Crippen LogP contribution < -0.4 is 9.47 Å². The number of carbonyl (C=O) groups is 1. The van der Waals surface area contributed by atoms with Gasteiger partial charge in [-0.2, -0.15) is 0 Å². The summed E-state index contributed by atoms with van der Waals surface area (Å²) in [5.74, 6) is 2.02. The van der Waals surface area contributed by atoms with Crippen LogP contribution in [0.5, 0.6) is 11.5 Å². The van der Waals surface area contributed by atoms with Gasteiger partial charge in [-0.1, -0.05) is 0 Å². The molecule has 0 N–H and O–H groups in total. The zero-order valence-electron chi connectivity index (χ0n) is 9.35. The van der Waals surface area contributed by atoms with E-state index in [4.69, 9.17) is 14.2 Å². The molecule has 88 valence electrons. The quantitative estimate of drug-likeness (QED) is 0.564. The maximum absolute atomic E-state index is 11.9. The van der Waals surface area contributed by atoms with Gasteiger partial charge in [-0.15, -0.1) is 0 Å². The van der Waals surface area contributed by atoms with Crippen molar-refractivity contribution in [2.24, 2.45) is 0 Å². The van der Waals surface area contributed by atoms with E-state index in [0.29, 0.717) is 17.1 Å². The highest BCUT2D eigenvalue weighted by molar-refractivity contribution is 6.16. The predicted molar refractivity (Wildman–Crippen MR) is 58.0 cm³/mol. The van der Waals surface area contributed by atoms with Gasteiger partial charge in [0.1, 0.15) is 17.4 Å². The first-order chi connectivity index (χ1) is 8.21. The van der Waals surface area contributed by atoms with Gasteiger partial charge in [-0.05, 0) is 12.1 Å². The standard InChI is InChI=1S/C12H10O5/c1-15-7-3-4-8-10(5-7)17-12(16-2)9(6-13)11(8)14/h3-5,12H,1-2H3. The fraction of sp³-hybridized carbons (Fsp3) is 0.250. The first kappa shape index (κ1) is 11.4. The molecule has 0 saturated carbocycles. The van der Waals surface area contributed by atoms with Crippen LogP contribution in [0.3, 0.4) is 0 Å². The van der Waals surface area contributed by atoms with Gasteiger partial charge in [0.15, 0.2) is 5.57 Å². The molecule has 1 aromatic rings. The Labute approximate surface area is 97.6 Å². The predicted octanol–water partition coefficient (Wildman–Crippen LogP) is 1.00. The van der Waals surface area contributed by atoms with Gasteiger partial charge in [-0.3, -0.25) is 4.79 Å². The molecule has 1 aliphatic heterocycles. The van der Waals surface area contributed by atoms with Gasteiger partial charge in [0, 0.05) is 13.2 Å². The lowest BCUT2D eigenvalue weighted by Gasteiger charge is -2.24. The normalized spacial score (nSPS) is 18.1. The monoisotopic (exact) mass is 234 g/mol. The van der Waals surface area contributed by atoms with Crippen LogP contribution in [0.2, 0.25) is 0 Å². The molecule has 5 heteroatoms. The van der Waals surface area contributed by atoms with Gasteiger partial charge < -0.3 is 14.2 Å². The summed E-state index contributed by atoms with van der Waals surface area (Å²) < 4.78 is 15.3. The van der Waals surface area contributed by atoms with Crippen LogP contribution in [-0.4, -0.2) is 32.2 Å².